The molecule has 2 aliphatic rings. The molecule has 0 aliphatic heterocycles. The van der Waals surface area contributed by atoms with Crippen LogP contribution < -0.4 is 0 Å². The average molecular weight is 407 g/mol. The molecule has 2 fully saturated rings. The summed E-state index contributed by atoms with van der Waals surface area (Å²) in [5, 5.41) is 0. The Kier molecular flexibility index (Phi) is 7.63. The van der Waals surface area contributed by atoms with E-state index in [1.165, 1.54) is 80.0 Å². The summed E-state index contributed by atoms with van der Waals surface area (Å²) in [6.45, 7) is 2.15. The van der Waals surface area contributed by atoms with Crippen molar-refractivity contribution in [2.75, 3.05) is 6.67 Å². The largest absolute Gasteiger partial charge is 0.251 e. The van der Waals surface area contributed by atoms with Crippen LogP contribution in [0.5, 0.6) is 0 Å². The first-order valence-corrected chi connectivity index (χ1v) is 12.5. The van der Waals surface area contributed by atoms with Crippen LogP contribution in [-0.2, 0) is 6.42 Å². The zero-order valence-corrected chi connectivity index (χ0v) is 18.8. The van der Waals surface area contributed by atoms with Crippen LogP contribution in [0.15, 0.2) is 48.5 Å². The molecule has 4 rings (SSSR count). The molecule has 0 saturated heterocycles. The third-order valence-electron chi connectivity index (χ3n) is 8.04. The maximum Gasteiger partial charge on any atom is 0.0922 e. The predicted octanol–water partition coefficient (Wildman–Crippen LogP) is 8.75. The van der Waals surface area contributed by atoms with E-state index in [9.17, 15) is 4.39 Å². The molecule has 0 radical (unpaired) electrons. The van der Waals surface area contributed by atoms with Gasteiger partial charge < -0.3 is 0 Å². The molecule has 1 heteroatoms. The molecule has 0 amide bonds. The minimum absolute atomic E-state index is 0.0988. The van der Waals surface area contributed by atoms with Gasteiger partial charge in [-0.1, -0.05) is 61.9 Å². The highest BCUT2D eigenvalue weighted by molar-refractivity contribution is 5.64. The van der Waals surface area contributed by atoms with Gasteiger partial charge in [-0.15, -0.1) is 0 Å². The van der Waals surface area contributed by atoms with Crippen molar-refractivity contribution in [3.05, 3.63) is 59.7 Å². The van der Waals surface area contributed by atoms with Gasteiger partial charge in [-0.25, -0.2) is 0 Å². The van der Waals surface area contributed by atoms with Crippen LogP contribution in [-0.4, -0.2) is 6.67 Å². The van der Waals surface area contributed by atoms with Gasteiger partial charge in [0, 0.05) is 0 Å². The maximum absolute atomic E-state index is 12.9. The molecule has 0 aromatic heterocycles. The number of hydrogen-bond acceptors (Lipinski definition) is 0. The zero-order chi connectivity index (χ0) is 20.8. The van der Waals surface area contributed by atoms with Crippen LogP contribution in [0.2, 0.25) is 0 Å². The first-order valence-electron chi connectivity index (χ1n) is 12.5. The molecule has 0 N–H and O–H groups in total. The first kappa shape index (κ1) is 21.6. The molecule has 2 aromatic rings. The fraction of sp³-hybridized carbons (Fsp3) is 0.586. The van der Waals surface area contributed by atoms with E-state index in [0.717, 1.165) is 30.6 Å². The molecule has 2 saturated carbocycles. The fourth-order valence-corrected chi connectivity index (χ4v) is 5.93. The van der Waals surface area contributed by atoms with Gasteiger partial charge >= 0.3 is 0 Å². The Morgan fingerprint density at radius 1 is 0.700 bits per heavy atom. The van der Waals surface area contributed by atoms with Gasteiger partial charge in [0.1, 0.15) is 0 Å². The molecule has 0 spiro atoms. The lowest BCUT2D eigenvalue weighted by Crippen LogP contribution is -2.25. The molecule has 0 unspecified atom stereocenters. The molecule has 0 heterocycles. The van der Waals surface area contributed by atoms with Crippen molar-refractivity contribution in [1.82, 2.24) is 0 Å². The number of hydrogen-bond donors (Lipinski definition) is 0. The number of unbranched alkanes of at least 4 members (excludes halogenated alkanes) is 1. The topological polar surface area (TPSA) is 0 Å². The number of halogens is 1. The molecular weight excluding hydrogens is 367 g/mol. The van der Waals surface area contributed by atoms with Crippen molar-refractivity contribution >= 4 is 0 Å². The van der Waals surface area contributed by atoms with Crippen LogP contribution >= 0.6 is 0 Å². The monoisotopic (exact) mass is 406 g/mol. The third-order valence-corrected chi connectivity index (χ3v) is 8.04. The Hall–Kier alpha value is -1.63. The second-order valence-electron chi connectivity index (χ2n) is 9.97. The SMILES string of the molecule is CCCCc1ccc(-c2ccc(C3CCC([C@H]4CC[C@H](CF)CC4)CC3)cc2)cc1. The highest BCUT2D eigenvalue weighted by Gasteiger charge is 2.31. The van der Waals surface area contributed by atoms with Crippen molar-refractivity contribution in [2.45, 2.75) is 83.5 Å². The molecule has 162 valence electrons. The summed E-state index contributed by atoms with van der Waals surface area (Å²) in [5.74, 6) is 2.86. The molecule has 2 aromatic carbocycles. The lowest BCUT2D eigenvalue weighted by atomic mass is 9.68. The summed E-state index contributed by atoms with van der Waals surface area (Å²) in [6, 6.07) is 18.5. The summed E-state index contributed by atoms with van der Waals surface area (Å²) >= 11 is 0. The predicted molar refractivity (Wildman–Crippen MR) is 127 cm³/mol. The van der Waals surface area contributed by atoms with E-state index >= 15 is 0 Å². The number of aryl methyl sites for hydroxylation is 1. The van der Waals surface area contributed by atoms with Crippen molar-refractivity contribution in [3.63, 3.8) is 0 Å². The molecular formula is C29H39F. The lowest BCUT2D eigenvalue weighted by Gasteiger charge is -2.37. The van der Waals surface area contributed by atoms with Gasteiger partial charge in [0.25, 0.3) is 0 Å². The minimum Gasteiger partial charge on any atom is -0.251 e. The van der Waals surface area contributed by atoms with Gasteiger partial charge in [-0.05, 0) is 110 Å². The van der Waals surface area contributed by atoms with Crippen molar-refractivity contribution < 1.29 is 4.39 Å². The molecule has 0 bridgehead atoms. The van der Waals surface area contributed by atoms with Crippen LogP contribution in [0.25, 0.3) is 11.1 Å². The normalized spacial score (nSPS) is 27.1. The van der Waals surface area contributed by atoms with Crippen LogP contribution in [0.4, 0.5) is 4.39 Å². The summed E-state index contributed by atoms with van der Waals surface area (Å²) in [5.41, 5.74) is 5.64. The zero-order valence-electron chi connectivity index (χ0n) is 18.8. The number of rotatable bonds is 7. The van der Waals surface area contributed by atoms with Gasteiger partial charge in [0.2, 0.25) is 0 Å². The van der Waals surface area contributed by atoms with E-state index in [-0.39, 0.29) is 6.67 Å². The highest BCUT2D eigenvalue weighted by Crippen LogP contribution is 2.44. The summed E-state index contributed by atoms with van der Waals surface area (Å²) in [7, 11) is 0. The first-order chi connectivity index (χ1) is 14.8. The molecule has 30 heavy (non-hydrogen) atoms. The Bertz CT molecular complexity index is 744. The Balaban J connectivity index is 1.30. The smallest absolute Gasteiger partial charge is 0.0922 e. The van der Waals surface area contributed by atoms with E-state index in [2.05, 4.69) is 55.5 Å². The highest BCUT2D eigenvalue weighted by atomic mass is 19.1. The van der Waals surface area contributed by atoms with Gasteiger partial charge in [0.05, 0.1) is 6.67 Å². The van der Waals surface area contributed by atoms with Gasteiger partial charge in [0.15, 0.2) is 0 Å². The molecule has 0 atom stereocenters. The van der Waals surface area contributed by atoms with Crippen molar-refractivity contribution in [2.24, 2.45) is 17.8 Å². The van der Waals surface area contributed by atoms with E-state index in [0.29, 0.717) is 5.92 Å². The second kappa shape index (κ2) is 10.6. The van der Waals surface area contributed by atoms with E-state index in [1.807, 2.05) is 0 Å². The average Bonchev–Trinajstić information content (AvgIpc) is 2.83. The van der Waals surface area contributed by atoms with Crippen molar-refractivity contribution in [1.29, 1.82) is 0 Å². The minimum atomic E-state index is -0.0988. The van der Waals surface area contributed by atoms with E-state index in [1.54, 1.807) is 0 Å². The van der Waals surface area contributed by atoms with Crippen LogP contribution in [0.3, 0.4) is 0 Å². The Morgan fingerprint density at radius 2 is 1.23 bits per heavy atom. The summed E-state index contributed by atoms with van der Waals surface area (Å²) in [6.07, 6.45) is 13.9. The Morgan fingerprint density at radius 3 is 1.77 bits per heavy atom. The second-order valence-corrected chi connectivity index (χ2v) is 9.97. The number of alkyl halides is 1. The third kappa shape index (κ3) is 5.34. The van der Waals surface area contributed by atoms with E-state index in [4.69, 9.17) is 0 Å². The standard InChI is InChI=1S/C29H39F/c1-2-3-4-22-5-9-24(10-6-22)26-13-17-28(18-14-26)29-19-15-27(16-20-29)25-11-7-23(21-30)8-12-25/h5-6,9-10,13-14,17-18,23,25,27,29H,2-4,7-8,11-12,15-16,19-21H2,1H3/t23-,25-,27?,29?. The number of benzene rings is 2. The quantitative estimate of drug-likeness (QED) is 0.431. The molecule has 0 nitrogen and oxygen atoms in total. The van der Waals surface area contributed by atoms with Crippen LogP contribution in [0.1, 0.15) is 88.2 Å². The van der Waals surface area contributed by atoms with Crippen molar-refractivity contribution in [3.8, 4) is 11.1 Å². The maximum atomic E-state index is 12.9. The summed E-state index contributed by atoms with van der Waals surface area (Å²) < 4.78 is 12.9. The van der Waals surface area contributed by atoms with Crippen LogP contribution in [0, 0.1) is 17.8 Å². The van der Waals surface area contributed by atoms with E-state index < -0.39 is 0 Å². The van der Waals surface area contributed by atoms with Gasteiger partial charge in [-0.2, -0.15) is 0 Å². The Labute approximate surface area is 183 Å². The molecule has 2 aliphatic carbocycles. The summed E-state index contributed by atoms with van der Waals surface area (Å²) in [4.78, 5) is 0. The van der Waals surface area contributed by atoms with Gasteiger partial charge in [-0.3, -0.25) is 4.39 Å². The fourth-order valence-electron chi connectivity index (χ4n) is 5.93. The lowest BCUT2D eigenvalue weighted by molar-refractivity contribution is 0.148.